The summed E-state index contributed by atoms with van der Waals surface area (Å²) in [5, 5.41) is 5.16. The number of piperidine rings is 2. The van der Waals surface area contributed by atoms with Crippen LogP contribution in [0.1, 0.15) is 48.8 Å². The van der Waals surface area contributed by atoms with Gasteiger partial charge in [-0.05, 0) is 38.1 Å². The highest BCUT2D eigenvalue weighted by atomic mass is 32.1. The van der Waals surface area contributed by atoms with Crippen LogP contribution in [0.4, 0.5) is 13.9 Å². The molecule has 162 valence electrons. The lowest BCUT2D eigenvalue weighted by Crippen LogP contribution is -2.48. The Bertz CT molecular complexity index is 884. The number of rotatable bonds is 5. The Kier molecular flexibility index (Phi) is 6.58. The Labute approximate surface area is 179 Å². The molecule has 30 heavy (non-hydrogen) atoms. The molecule has 2 aromatic rings. The van der Waals surface area contributed by atoms with Gasteiger partial charge in [0, 0.05) is 37.1 Å². The predicted molar refractivity (Wildman–Crippen MR) is 113 cm³/mol. The van der Waals surface area contributed by atoms with Crippen LogP contribution in [-0.2, 0) is 6.54 Å². The number of halogens is 2. The van der Waals surface area contributed by atoms with E-state index in [0.717, 1.165) is 49.2 Å². The predicted octanol–water partition coefficient (Wildman–Crippen LogP) is 3.45. The zero-order valence-corrected chi connectivity index (χ0v) is 17.9. The second-order valence-corrected chi connectivity index (χ2v) is 9.08. The third-order valence-electron chi connectivity index (χ3n) is 5.96. The van der Waals surface area contributed by atoms with Crippen LogP contribution in [0.25, 0.3) is 0 Å². The Hall–Kier alpha value is -2.13. The first-order chi connectivity index (χ1) is 14.5. The Morgan fingerprint density at radius 3 is 2.80 bits per heavy atom. The number of hydrogen-bond donors (Lipinski definition) is 1. The number of pyridine rings is 1. The van der Waals surface area contributed by atoms with Crippen LogP contribution in [-0.4, -0.2) is 53.0 Å². The Morgan fingerprint density at radius 2 is 2.07 bits per heavy atom. The van der Waals surface area contributed by atoms with Gasteiger partial charge in [0.2, 0.25) is 0 Å². The summed E-state index contributed by atoms with van der Waals surface area (Å²) in [5.41, 5.74) is 0.304. The van der Waals surface area contributed by atoms with Crippen molar-refractivity contribution in [2.45, 2.75) is 45.2 Å². The zero-order chi connectivity index (χ0) is 21.1. The van der Waals surface area contributed by atoms with E-state index in [2.05, 4.69) is 32.0 Å². The molecule has 1 N–H and O–H groups in total. The molecule has 6 nitrogen and oxygen atoms in total. The monoisotopic (exact) mass is 435 g/mol. The lowest BCUT2D eigenvalue weighted by atomic mass is 9.95. The fourth-order valence-corrected chi connectivity index (χ4v) is 5.18. The summed E-state index contributed by atoms with van der Waals surface area (Å²) >= 11 is 1.45. The molecule has 2 aliphatic rings. The normalized spacial score (nSPS) is 21.0. The van der Waals surface area contributed by atoms with Gasteiger partial charge in [0.05, 0.1) is 18.4 Å². The van der Waals surface area contributed by atoms with Crippen molar-refractivity contribution in [2.75, 3.05) is 31.1 Å². The summed E-state index contributed by atoms with van der Waals surface area (Å²) in [6, 6.07) is 1.40. The average molecular weight is 436 g/mol. The van der Waals surface area contributed by atoms with E-state index in [1.807, 2.05) is 0 Å². The van der Waals surface area contributed by atoms with Gasteiger partial charge in [-0.15, -0.1) is 11.3 Å². The van der Waals surface area contributed by atoms with Crippen molar-refractivity contribution in [3.05, 3.63) is 40.7 Å². The van der Waals surface area contributed by atoms with E-state index in [0.29, 0.717) is 11.7 Å². The summed E-state index contributed by atoms with van der Waals surface area (Å²) in [5.74, 6) is -1.12. The van der Waals surface area contributed by atoms with Crippen LogP contribution < -0.4 is 10.2 Å². The van der Waals surface area contributed by atoms with Gasteiger partial charge in [0.1, 0.15) is 17.3 Å². The minimum Gasteiger partial charge on any atom is -0.348 e. The quantitative estimate of drug-likeness (QED) is 0.780. The number of carbonyl (C=O) groups is 1. The molecule has 2 fully saturated rings. The van der Waals surface area contributed by atoms with Gasteiger partial charge in [-0.3, -0.25) is 14.7 Å². The molecule has 0 bridgehead atoms. The first-order valence-corrected chi connectivity index (χ1v) is 11.4. The van der Waals surface area contributed by atoms with Crippen molar-refractivity contribution >= 4 is 22.4 Å². The van der Waals surface area contributed by atoms with Crippen molar-refractivity contribution in [3.8, 4) is 0 Å². The summed E-state index contributed by atoms with van der Waals surface area (Å²) in [6.45, 7) is 6.51. The maximum Gasteiger partial charge on any atom is 0.271 e. The first-order valence-electron chi connectivity index (χ1n) is 10.5. The highest BCUT2D eigenvalue weighted by Crippen LogP contribution is 2.28. The third-order valence-corrected chi connectivity index (χ3v) is 6.87. The molecule has 0 unspecified atom stereocenters. The number of carbonyl (C=O) groups excluding carboxylic acids is 1. The van der Waals surface area contributed by atoms with Crippen molar-refractivity contribution in [2.24, 2.45) is 5.92 Å². The van der Waals surface area contributed by atoms with Crippen molar-refractivity contribution in [1.29, 1.82) is 0 Å². The molecule has 0 radical (unpaired) electrons. The SMILES string of the molecule is C[C@@H]1CCCN(C2CCN(c3nc(C(=O)NCc4ncc(F)cc4F)cs3)CC2)C1. The minimum atomic E-state index is -0.778. The van der Waals surface area contributed by atoms with Crippen LogP contribution in [0.5, 0.6) is 0 Å². The molecule has 2 aliphatic heterocycles. The first kappa shape index (κ1) is 21.1. The molecule has 0 spiro atoms. The van der Waals surface area contributed by atoms with E-state index in [4.69, 9.17) is 0 Å². The number of amides is 1. The Balaban J connectivity index is 1.29. The molecule has 1 atom stereocenters. The fourth-order valence-electron chi connectivity index (χ4n) is 4.32. The van der Waals surface area contributed by atoms with Gasteiger partial charge in [0.15, 0.2) is 5.13 Å². The molecule has 2 saturated heterocycles. The molecule has 9 heteroatoms. The van der Waals surface area contributed by atoms with Crippen LogP contribution in [0.2, 0.25) is 0 Å². The number of nitrogens with one attached hydrogen (secondary N) is 1. The highest BCUT2D eigenvalue weighted by molar-refractivity contribution is 7.13. The van der Waals surface area contributed by atoms with E-state index in [-0.39, 0.29) is 18.1 Å². The third kappa shape index (κ3) is 4.95. The smallest absolute Gasteiger partial charge is 0.271 e. The summed E-state index contributed by atoms with van der Waals surface area (Å²) in [7, 11) is 0. The van der Waals surface area contributed by atoms with Gasteiger partial charge in [-0.25, -0.2) is 13.8 Å². The van der Waals surface area contributed by atoms with Crippen molar-refractivity contribution in [1.82, 2.24) is 20.2 Å². The van der Waals surface area contributed by atoms with Crippen molar-refractivity contribution in [3.63, 3.8) is 0 Å². The molecule has 4 heterocycles. The van der Waals surface area contributed by atoms with Crippen LogP contribution >= 0.6 is 11.3 Å². The van der Waals surface area contributed by atoms with E-state index in [1.165, 1.54) is 37.3 Å². The second-order valence-electron chi connectivity index (χ2n) is 8.24. The molecule has 4 rings (SSSR count). The number of aromatic nitrogens is 2. The van der Waals surface area contributed by atoms with Gasteiger partial charge in [-0.1, -0.05) is 6.92 Å². The minimum absolute atomic E-state index is 0.00527. The van der Waals surface area contributed by atoms with E-state index >= 15 is 0 Å². The maximum absolute atomic E-state index is 13.7. The molecule has 1 amide bonds. The van der Waals surface area contributed by atoms with Crippen LogP contribution in [0.3, 0.4) is 0 Å². The van der Waals surface area contributed by atoms with Crippen LogP contribution in [0, 0.1) is 17.6 Å². The van der Waals surface area contributed by atoms with Crippen molar-refractivity contribution < 1.29 is 13.6 Å². The van der Waals surface area contributed by atoms with Crippen LogP contribution in [0.15, 0.2) is 17.6 Å². The van der Waals surface area contributed by atoms with E-state index < -0.39 is 11.6 Å². The largest absolute Gasteiger partial charge is 0.348 e. The van der Waals surface area contributed by atoms with Gasteiger partial charge in [0.25, 0.3) is 5.91 Å². The number of likely N-dealkylation sites (tertiary alicyclic amines) is 1. The number of anilines is 1. The van der Waals surface area contributed by atoms with E-state index in [1.54, 1.807) is 5.38 Å². The molecule has 0 saturated carbocycles. The Morgan fingerprint density at radius 1 is 1.27 bits per heavy atom. The average Bonchev–Trinajstić information content (AvgIpc) is 3.23. The van der Waals surface area contributed by atoms with E-state index in [9.17, 15) is 13.6 Å². The lowest BCUT2D eigenvalue weighted by molar-refractivity contribution is 0.0945. The summed E-state index contributed by atoms with van der Waals surface area (Å²) in [6.07, 6.45) is 5.79. The zero-order valence-electron chi connectivity index (χ0n) is 17.1. The van der Waals surface area contributed by atoms with Gasteiger partial charge >= 0.3 is 0 Å². The molecule has 0 aromatic carbocycles. The topological polar surface area (TPSA) is 61.4 Å². The lowest BCUT2D eigenvalue weighted by Gasteiger charge is -2.41. The summed E-state index contributed by atoms with van der Waals surface area (Å²) in [4.78, 5) is 25.4. The maximum atomic E-state index is 13.7. The molecular weight excluding hydrogens is 408 g/mol. The summed E-state index contributed by atoms with van der Waals surface area (Å²) < 4.78 is 26.6. The number of thiazole rings is 1. The molecule has 0 aliphatic carbocycles. The number of hydrogen-bond acceptors (Lipinski definition) is 6. The highest BCUT2D eigenvalue weighted by Gasteiger charge is 2.28. The second kappa shape index (κ2) is 9.34. The standard InChI is InChI=1S/C21H27F2N5OS/c1-14-3-2-6-28(12-14)16-4-7-27(8-5-16)21-26-19(13-30-21)20(29)25-11-18-17(23)9-15(22)10-24-18/h9-10,13-14,16H,2-8,11-12H2,1H3,(H,25,29)/t14-/m1/s1. The van der Waals surface area contributed by atoms with Gasteiger partial charge in [-0.2, -0.15) is 0 Å². The molecule has 2 aromatic heterocycles. The fraction of sp³-hybridized carbons (Fsp3) is 0.571. The van der Waals surface area contributed by atoms with Gasteiger partial charge < -0.3 is 10.2 Å². The molecular formula is C21H27F2N5OS. The number of nitrogens with zero attached hydrogens (tertiary/aromatic N) is 4.